The number of benzene rings is 1. The Morgan fingerprint density at radius 3 is 2.53 bits per heavy atom. The second-order valence-corrected chi connectivity index (χ2v) is 9.14. The number of hydrogen-bond donors (Lipinski definition) is 0. The molecule has 8 nitrogen and oxygen atoms in total. The molecule has 0 N–H and O–H groups in total. The third kappa shape index (κ3) is 4.59. The van der Waals surface area contributed by atoms with Crippen LogP contribution in [0.25, 0.3) is 0 Å². The Balaban J connectivity index is 1.97. The molecule has 8 heteroatoms. The predicted molar refractivity (Wildman–Crippen MR) is 117 cm³/mol. The van der Waals surface area contributed by atoms with E-state index in [0.29, 0.717) is 0 Å². The number of imide groups is 1. The molecule has 5 atom stereocenters. The van der Waals surface area contributed by atoms with Gasteiger partial charge < -0.3 is 23.7 Å². The van der Waals surface area contributed by atoms with Gasteiger partial charge in [0.25, 0.3) is 0 Å². The van der Waals surface area contributed by atoms with E-state index in [1.165, 1.54) is 12.0 Å². The van der Waals surface area contributed by atoms with Gasteiger partial charge in [-0.2, -0.15) is 0 Å². The minimum absolute atomic E-state index is 0.0610. The summed E-state index contributed by atoms with van der Waals surface area (Å²) < 4.78 is 28.6. The maximum Gasteiger partial charge on any atom is 0.417 e. The molecule has 176 valence electrons. The molecule has 0 unspecified atom stereocenters. The maximum absolute atomic E-state index is 13.9. The van der Waals surface area contributed by atoms with Crippen molar-refractivity contribution < 1.29 is 33.3 Å². The highest BCUT2D eigenvalue weighted by Crippen LogP contribution is 2.42. The fourth-order valence-corrected chi connectivity index (χ4v) is 4.40. The Hall–Kier alpha value is -2.26. The lowest BCUT2D eigenvalue weighted by atomic mass is 9.80. The van der Waals surface area contributed by atoms with Crippen LogP contribution in [0.4, 0.5) is 4.79 Å². The predicted octanol–water partition coefficient (Wildman–Crippen LogP) is 3.82. The van der Waals surface area contributed by atoms with Gasteiger partial charge in [-0.25, -0.2) is 9.69 Å². The number of carbonyl (C=O) groups excluding carboxylic acids is 2. The van der Waals surface area contributed by atoms with E-state index in [1.807, 2.05) is 30.3 Å². The van der Waals surface area contributed by atoms with Gasteiger partial charge in [-0.05, 0) is 40.2 Å². The molecule has 0 radical (unpaired) electrons. The van der Waals surface area contributed by atoms with E-state index < -0.39 is 53.7 Å². The van der Waals surface area contributed by atoms with Gasteiger partial charge in [-0.1, -0.05) is 36.4 Å². The van der Waals surface area contributed by atoms with E-state index in [4.69, 9.17) is 23.7 Å². The standard InChI is InChI=1S/C24H33NO7/c1-8-17-19(32-24(5,6)31-17)20(29-14-28-7)23(3,4)21(26)25-18(15(2)30-22(25)27)16-12-10-9-11-13-16/h8-13,15,17-20H,1,14H2,2-7H3/t15-,17-,18-,19+,20+/m0/s1. The number of carbonyl (C=O) groups is 2. The van der Waals surface area contributed by atoms with Gasteiger partial charge in [0.15, 0.2) is 5.79 Å². The normalized spacial score (nSPS) is 28.4. The smallest absolute Gasteiger partial charge is 0.417 e. The van der Waals surface area contributed by atoms with Crippen molar-refractivity contribution in [1.82, 2.24) is 4.90 Å². The molecule has 1 aromatic rings. The molecule has 1 aromatic carbocycles. The van der Waals surface area contributed by atoms with Gasteiger partial charge in [0.1, 0.15) is 37.3 Å². The Labute approximate surface area is 189 Å². The number of rotatable bonds is 8. The van der Waals surface area contributed by atoms with Gasteiger partial charge in [0.2, 0.25) is 5.91 Å². The van der Waals surface area contributed by atoms with Crippen LogP contribution in [0.2, 0.25) is 0 Å². The molecule has 2 aliphatic rings. The summed E-state index contributed by atoms with van der Waals surface area (Å²) in [7, 11) is 1.50. The minimum Gasteiger partial charge on any atom is -0.443 e. The summed E-state index contributed by atoms with van der Waals surface area (Å²) in [4.78, 5) is 27.9. The van der Waals surface area contributed by atoms with Crippen molar-refractivity contribution in [2.24, 2.45) is 5.41 Å². The van der Waals surface area contributed by atoms with Crippen LogP contribution in [-0.2, 0) is 28.5 Å². The molecule has 0 aromatic heterocycles. The highest BCUT2D eigenvalue weighted by Gasteiger charge is 2.56. The van der Waals surface area contributed by atoms with Crippen LogP contribution in [0.1, 0.15) is 46.2 Å². The first-order chi connectivity index (χ1) is 15.0. The van der Waals surface area contributed by atoms with E-state index in [9.17, 15) is 9.59 Å². The molecule has 0 spiro atoms. The summed E-state index contributed by atoms with van der Waals surface area (Å²) in [5.74, 6) is -1.32. The molecule has 2 heterocycles. The summed E-state index contributed by atoms with van der Waals surface area (Å²) in [6.07, 6.45) is -1.48. The zero-order valence-electron chi connectivity index (χ0n) is 19.6. The van der Waals surface area contributed by atoms with Crippen molar-refractivity contribution in [3.05, 3.63) is 48.6 Å². The summed E-state index contributed by atoms with van der Waals surface area (Å²) in [6.45, 7) is 12.6. The Morgan fingerprint density at radius 1 is 1.28 bits per heavy atom. The van der Waals surface area contributed by atoms with Gasteiger partial charge in [0, 0.05) is 7.11 Å². The van der Waals surface area contributed by atoms with Gasteiger partial charge in [0.05, 0.1) is 5.41 Å². The molecule has 0 saturated carbocycles. The number of cyclic esters (lactones) is 1. The van der Waals surface area contributed by atoms with Crippen molar-refractivity contribution in [1.29, 1.82) is 0 Å². The summed E-state index contributed by atoms with van der Waals surface area (Å²) in [6, 6.07) is 8.81. The third-order valence-corrected chi connectivity index (χ3v) is 5.89. The summed E-state index contributed by atoms with van der Waals surface area (Å²) in [5.41, 5.74) is -0.375. The fourth-order valence-electron chi connectivity index (χ4n) is 4.40. The first kappa shape index (κ1) is 24.4. The van der Waals surface area contributed by atoms with Crippen LogP contribution >= 0.6 is 0 Å². The zero-order valence-corrected chi connectivity index (χ0v) is 19.6. The lowest BCUT2D eigenvalue weighted by Crippen LogP contribution is -2.55. The number of amides is 2. The van der Waals surface area contributed by atoms with Crippen LogP contribution in [0, 0.1) is 5.41 Å². The van der Waals surface area contributed by atoms with Crippen molar-refractivity contribution in [2.45, 2.75) is 70.9 Å². The van der Waals surface area contributed by atoms with E-state index in [-0.39, 0.29) is 6.79 Å². The van der Waals surface area contributed by atoms with Crippen molar-refractivity contribution in [3.8, 4) is 0 Å². The number of ether oxygens (including phenoxy) is 5. The Kier molecular flexibility index (Phi) is 7.09. The molecule has 0 aliphatic carbocycles. The average Bonchev–Trinajstić information content (AvgIpc) is 3.22. The molecule has 2 amide bonds. The SMILES string of the molecule is C=C[C@@H]1OC(C)(C)O[C@H]1[C@@H](OCOC)C(C)(C)C(=O)N1C(=O)O[C@@H](C)[C@H]1c1ccccc1. The first-order valence-corrected chi connectivity index (χ1v) is 10.7. The first-order valence-electron chi connectivity index (χ1n) is 10.7. The molecule has 3 rings (SSSR count). The maximum atomic E-state index is 13.9. The Morgan fingerprint density at radius 2 is 1.94 bits per heavy atom. The van der Waals surface area contributed by atoms with Crippen LogP contribution in [0.5, 0.6) is 0 Å². The van der Waals surface area contributed by atoms with Crippen LogP contribution < -0.4 is 0 Å². The van der Waals surface area contributed by atoms with E-state index in [1.54, 1.807) is 40.7 Å². The third-order valence-electron chi connectivity index (χ3n) is 5.89. The second kappa shape index (κ2) is 9.31. The van der Waals surface area contributed by atoms with Crippen molar-refractivity contribution in [2.75, 3.05) is 13.9 Å². The number of nitrogens with zero attached hydrogens (tertiary/aromatic N) is 1. The van der Waals surface area contributed by atoms with Gasteiger partial charge in [-0.15, -0.1) is 6.58 Å². The fraction of sp³-hybridized carbons (Fsp3) is 0.583. The molecule has 32 heavy (non-hydrogen) atoms. The van der Waals surface area contributed by atoms with E-state index in [2.05, 4.69) is 6.58 Å². The van der Waals surface area contributed by atoms with Crippen LogP contribution in [0.3, 0.4) is 0 Å². The monoisotopic (exact) mass is 447 g/mol. The van der Waals surface area contributed by atoms with Gasteiger partial charge >= 0.3 is 6.09 Å². The molecule has 0 bridgehead atoms. The van der Waals surface area contributed by atoms with Gasteiger partial charge in [-0.3, -0.25) is 4.79 Å². The molecule has 2 fully saturated rings. The molecular weight excluding hydrogens is 414 g/mol. The van der Waals surface area contributed by atoms with Crippen LogP contribution in [0.15, 0.2) is 43.0 Å². The largest absolute Gasteiger partial charge is 0.443 e. The summed E-state index contributed by atoms with van der Waals surface area (Å²) >= 11 is 0. The highest BCUT2D eigenvalue weighted by atomic mass is 16.8. The van der Waals surface area contributed by atoms with E-state index >= 15 is 0 Å². The number of hydrogen-bond acceptors (Lipinski definition) is 7. The lowest BCUT2D eigenvalue weighted by Gasteiger charge is -2.39. The molecule has 2 aliphatic heterocycles. The minimum atomic E-state index is -1.19. The molecule has 2 saturated heterocycles. The van der Waals surface area contributed by atoms with Crippen LogP contribution in [-0.4, -0.2) is 61.0 Å². The summed E-state index contributed by atoms with van der Waals surface area (Å²) in [5, 5.41) is 0. The van der Waals surface area contributed by atoms with Crippen molar-refractivity contribution >= 4 is 12.0 Å². The van der Waals surface area contributed by atoms with E-state index in [0.717, 1.165) is 5.56 Å². The molecular formula is C24H33NO7. The topological polar surface area (TPSA) is 83.5 Å². The quantitative estimate of drug-likeness (QED) is 0.442. The number of methoxy groups -OCH3 is 1. The zero-order chi connectivity index (χ0) is 23.7. The average molecular weight is 448 g/mol. The Bertz CT molecular complexity index is 838. The van der Waals surface area contributed by atoms with Crippen molar-refractivity contribution in [3.63, 3.8) is 0 Å². The second-order valence-electron chi connectivity index (χ2n) is 9.14. The lowest BCUT2D eigenvalue weighted by molar-refractivity contribution is -0.195. The highest BCUT2D eigenvalue weighted by molar-refractivity contribution is 5.97.